The number of halogens is 3. The van der Waals surface area contributed by atoms with Gasteiger partial charge in [0, 0.05) is 32.2 Å². The van der Waals surface area contributed by atoms with Crippen LogP contribution < -0.4 is 19.7 Å². The van der Waals surface area contributed by atoms with Crippen LogP contribution in [0.5, 0.6) is 5.75 Å². The van der Waals surface area contributed by atoms with Crippen LogP contribution in [0.2, 0.25) is 0 Å². The smallest absolute Gasteiger partial charge is 0.490 e. The van der Waals surface area contributed by atoms with Gasteiger partial charge in [-0.3, -0.25) is 14.4 Å². The molecule has 0 aromatic heterocycles. The summed E-state index contributed by atoms with van der Waals surface area (Å²) < 4.78 is 65.4. The van der Waals surface area contributed by atoms with Gasteiger partial charge in [-0.15, -0.1) is 0 Å². The van der Waals surface area contributed by atoms with E-state index in [-0.39, 0.29) is 28.1 Å². The number of carbonyl (C=O) groups is 3. The predicted octanol–water partition coefficient (Wildman–Crippen LogP) is 2.47. The molecule has 1 aliphatic heterocycles. The van der Waals surface area contributed by atoms with E-state index in [9.17, 15) is 36.3 Å². The number of alkyl halides is 3. The molecule has 0 atom stereocenters. The summed E-state index contributed by atoms with van der Waals surface area (Å²) >= 11 is 0. The molecule has 4 N–H and O–H groups in total. The summed E-state index contributed by atoms with van der Waals surface area (Å²) in [6, 6.07) is 10.4. The van der Waals surface area contributed by atoms with Crippen molar-refractivity contribution in [3.05, 3.63) is 48.0 Å². The van der Waals surface area contributed by atoms with Crippen molar-refractivity contribution in [2.75, 3.05) is 49.5 Å². The van der Waals surface area contributed by atoms with Crippen LogP contribution in [0.25, 0.3) is 0 Å². The Balaban J connectivity index is 0.000000745. The summed E-state index contributed by atoms with van der Waals surface area (Å²) in [5.74, 6) is -3.43. The van der Waals surface area contributed by atoms with Gasteiger partial charge in [0.2, 0.25) is 5.91 Å². The van der Waals surface area contributed by atoms with Crippen LogP contribution in [0.1, 0.15) is 24.2 Å². The number of aliphatic carboxylic acids is 1. The maximum atomic E-state index is 13.0. The van der Waals surface area contributed by atoms with Crippen LogP contribution in [0.3, 0.4) is 0 Å². The van der Waals surface area contributed by atoms with Crippen molar-refractivity contribution in [3.8, 4) is 5.75 Å². The van der Waals surface area contributed by atoms with Crippen LogP contribution in [0.15, 0.2) is 47.4 Å². The van der Waals surface area contributed by atoms with Crippen molar-refractivity contribution in [2.45, 2.75) is 31.0 Å². The number of amides is 1. The standard InChI is InChI=1S/C23H30N4O6S.C2HF3O2/c1-16(2)24-22(28)15-26-10-12-27(13-11-26)21-9-4-17(23(29)30)14-20(21)25-34(31,32)19-7-5-18(33-3)6-8-19;3-2(4,5)1(6)7/h4-9,14,16,25H,10-13,15H2,1-3H3,(H,24,28)(H,29,30);(H,6,7). The molecule has 16 heteroatoms. The molecule has 0 saturated carbocycles. The summed E-state index contributed by atoms with van der Waals surface area (Å²) in [7, 11) is -2.48. The molecule has 1 saturated heterocycles. The molecule has 226 valence electrons. The highest BCUT2D eigenvalue weighted by molar-refractivity contribution is 7.92. The van der Waals surface area contributed by atoms with Crippen molar-refractivity contribution >= 4 is 39.2 Å². The minimum Gasteiger partial charge on any atom is -0.497 e. The van der Waals surface area contributed by atoms with Crippen LogP contribution in [0.4, 0.5) is 24.5 Å². The van der Waals surface area contributed by atoms with Crippen molar-refractivity contribution in [2.24, 2.45) is 0 Å². The number of carboxylic acid groups (broad SMARTS) is 2. The van der Waals surface area contributed by atoms with Crippen LogP contribution in [-0.2, 0) is 19.6 Å². The summed E-state index contributed by atoms with van der Waals surface area (Å²) in [6.45, 7) is 6.43. The molecular weight excluding hydrogens is 573 g/mol. The number of piperazine rings is 1. The molecule has 0 aliphatic carbocycles. The molecule has 3 rings (SSSR count). The summed E-state index contributed by atoms with van der Waals surface area (Å²) in [5, 5.41) is 19.4. The Bertz CT molecular complexity index is 1330. The molecule has 1 aliphatic rings. The average molecular weight is 605 g/mol. The number of benzene rings is 2. The van der Waals surface area contributed by atoms with Crippen molar-refractivity contribution in [3.63, 3.8) is 0 Å². The van der Waals surface area contributed by atoms with Crippen LogP contribution in [-0.4, -0.2) is 93.4 Å². The molecule has 12 nitrogen and oxygen atoms in total. The molecule has 0 bridgehead atoms. The maximum absolute atomic E-state index is 13.0. The fourth-order valence-corrected chi connectivity index (χ4v) is 4.77. The van der Waals surface area contributed by atoms with Crippen molar-refractivity contribution in [1.29, 1.82) is 0 Å². The second-order valence-corrected chi connectivity index (χ2v) is 10.8. The van der Waals surface area contributed by atoms with Gasteiger partial charge in [0.1, 0.15) is 5.75 Å². The number of aromatic carboxylic acids is 1. The Hall–Kier alpha value is -4.05. The Morgan fingerprint density at radius 1 is 1.00 bits per heavy atom. The number of methoxy groups -OCH3 is 1. The SMILES string of the molecule is COc1ccc(S(=O)(=O)Nc2cc(C(=O)O)ccc2N2CCN(CC(=O)NC(C)C)CC2)cc1.O=C(O)C(F)(F)F. The predicted molar refractivity (Wildman–Crippen MR) is 143 cm³/mol. The van der Waals surface area contributed by atoms with E-state index >= 15 is 0 Å². The Morgan fingerprint density at radius 2 is 1.56 bits per heavy atom. The number of anilines is 2. The highest BCUT2D eigenvalue weighted by Crippen LogP contribution is 2.31. The van der Waals surface area contributed by atoms with E-state index in [1.165, 1.54) is 43.5 Å². The van der Waals surface area contributed by atoms with E-state index in [1.807, 2.05) is 23.6 Å². The molecule has 1 fully saturated rings. The van der Waals surface area contributed by atoms with Crippen molar-refractivity contribution < 1.29 is 50.9 Å². The number of nitrogens with one attached hydrogen (secondary N) is 2. The van der Waals surface area contributed by atoms with Crippen LogP contribution >= 0.6 is 0 Å². The molecule has 1 heterocycles. The first-order valence-corrected chi connectivity index (χ1v) is 13.6. The van der Waals surface area contributed by atoms with Crippen molar-refractivity contribution in [1.82, 2.24) is 10.2 Å². The number of hydrogen-bond donors (Lipinski definition) is 4. The van der Waals surface area contributed by atoms with Gasteiger partial charge in [0.15, 0.2) is 0 Å². The van der Waals surface area contributed by atoms with Gasteiger partial charge in [0.25, 0.3) is 10.0 Å². The molecule has 41 heavy (non-hydrogen) atoms. The summed E-state index contributed by atoms with van der Waals surface area (Å²) in [5.41, 5.74) is 0.732. The topological polar surface area (TPSA) is 166 Å². The zero-order valence-corrected chi connectivity index (χ0v) is 23.3. The average Bonchev–Trinajstić information content (AvgIpc) is 2.88. The Kier molecular flexibility index (Phi) is 11.3. The third-order valence-electron chi connectivity index (χ3n) is 5.63. The highest BCUT2D eigenvalue weighted by atomic mass is 32.2. The van der Waals surface area contributed by atoms with E-state index < -0.39 is 28.1 Å². The fraction of sp³-hybridized carbons (Fsp3) is 0.400. The highest BCUT2D eigenvalue weighted by Gasteiger charge is 2.38. The number of carbonyl (C=O) groups excluding carboxylic acids is 1. The molecule has 2 aromatic rings. The van der Waals surface area contributed by atoms with E-state index in [0.717, 1.165) is 0 Å². The van der Waals surface area contributed by atoms with E-state index in [4.69, 9.17) is 14.6 Å². The van der Waals surface area contributed by atoms with Gasteiger partial charge >= 0.3 is 18.1 Å². The molecule has 0 radical (unpaired) electrons. The quantitative estimate of drug-likeness (QED) is 0.334. The lowest BCUT2D eigenvalue weighted by atomic mass is 10.1. The molecule has 0 spiro atoms. The zero-order chi connectivity index (χ0) is 31.0. The number of rotatable bonds is 9. The summed E-state index contributed by atoms with van der Waals surface area (Å²) in [4.78, 5) is 36.5. The fourth-order valence-electron chi connectivity index (χ4n) is 3.70. The van der Waals surface area contributed by atoms with E-state index in [1.54, 1.807) is 6.07 Å². The van der Waals surface area contributed by atoms with Gasteiger partial charge in [-0.25, -0.2) is 18.0 Å². The van der Waals surface area contributed by atoms with Gasteiger partial charge in [-0.05, 0) is 56.3 Å². The largest absolute Gasteiger partial charge is 0.497 e. The molecule has 2 aromatic carbocycles. The molecule has 0 unspecified atom stereocenters. The lowest BCUT2D eigenvalue weighted by Crippen LogP contribution is -2.50. The second kappa shape index (κ2) is 14.0. The van der Waals surface area contributed by atoms with Gasteiger partial charge in [-0.2, -0.15) is 13.2 Å². The first-order chi connectivity index (χ1) is 19.0. The molecular formula is C25H31F3N4O8S. The zero-order valence-electron chi connectivity index (χ0n) is 22.4. The number of carboxylic acids is 2. The second-order valence-electron chi connectivity index (χ2n) is 9.11. The number of sulfonamides is 1. The Labute approximate surface area is 234 Å². The number of ether oxygens (including phenoxy) is 1. The number of hydrogen-bond acceptors (Lipinski definition) is 8. The van der Waals surface area contributed by atoms with E-state index in [2.05, 4.69) is 10.0 Å². The monoisotopic (exact) mass is 604 g/mol. The lowest BCUT2D eigenvalue weighted by Gasteiger charge is -2.36. The normalized spacial score (nSPS) is 14.1. The first kappa shape index (κ1) is 33.2. The first-order valence-electron chi connectivity index (χ1n) is 12.1. The third-order valence-corrected chi connectivity index (χ3v) is 7.01. The van der Waals surface area contributed by atoms with Gasteiger partial charge in [0.05, 0.1) is 35.5 Å². The third kappa shape index (κ3) is 10.1. The minimum absolute atomic E-state index is 0.0276. The lowest BCUT2D eigenvalue weighted by molar-refractivity contribution is -0.192. The molecule has 1 amide bonds. The Morgan fingerprint density at radius 3 is 2.02 bits per heavy atom. The van der Waals surface area contributed by atoms with Gasteiger partial charge in [-0.1, -0.05) is 0 Å². The van der Waals surface area contributed by atoms with Gasteiger partial charge < -0.3 is 25.2 Å². The minimum atomic E-state index is -5.08. The maximum Gasteiger partial charge on any atom is 0.490 e. The summed E-state index contributed by atoms with van der Waals surface area (Å²) in [6.07, 6.45) is -5.08. The van der Waals surface area contributed by atoms with Crippen LogP contribution in [0, 0.1) is 0 Å². The van der Waals surface area contributed by atoms with E-state index in [0.29, 0.717) is 44.2 Å². The number of nitrogens with zero attached hydrogens (tertiary/aromatic N) is 2.